The minimum absolute atomic E-state index is 0.0746. The van der Waals surface area contributed by atoms with Gasteiger partial charge in [0.2, 0.25) is 15.9 Å². The maximum atomic E-state index is 12.3. The maximum Gasteiger partial charge on any atom is 0.225 e. The molecular formula is C19H24N2O3S. The van der Waals surface area contributed by atoms with E-state index in [1.807, 2.05) is 62.4 Å². The zero-order valence-corrected chi connectivity index (χ0v) is 15.6. The zero-order valence-electron chi connectivity index (χ0n) is 14.8. The summed E-state index contributed by atoms with van der Waals surface area (Å²) < 4.78 is 26.0. The van der Waals surface area contributed by atoms with Crippen LogP contribution in [0.2, 0.25) is 0 Å². The van der Waals surface area contributed by atoms with Crippen LogP contribution < -0.4 is 5.32 Å². The number of nitrogens with zero attached hydrogens (tertiary/aromatic N) is 1. The molecule has 0 saturated heterocycles. The number of benzene rings is 2. The van der Waals surface area contributed by atoms with E-state index in [2.05, 4.69) is 5.32 Å². The quantitative estimate of drug-likeness (QED) is 0.825. The van der Waals surface area contributed by atoms with E-state index in [-0.39, 0.29) is 18.1 Å². The van der Waals surface area contributed by atoms with Crippen LogP contribution in [0.25, 0.3) is 0 Å². The summed E-state index contributed by atoms with van der Waals surface area (Å²) in [5, 5.41) is 2.78. The molecule has 2 aromatic carbocycles. The standard InChI is InChI=1S/C19H24N2O3S/c1-15-9-10-18(16(2)13-15)20-19(22)11-12-25(23,24)21(3)14-17-7-5-4-6-8-17/h4-10,13H,11-12,14H2,1-3H3,(H,20,22). The average molecular weight is 360 g/mol. The van der Waals surface area contributed by atoms with E-state index in [9.17, 15) is 13.2 Å². The molecule has 0 saturated carbocycles. The zero-order chi connectivity index (χ0) is 18.4. The van der Waals surface area contributed by atoms with E-state index >= 15 is 0 Å². The predicted molar refractivity (Wildman–Crippen MR) is 101 cm³/mol. The first-order valence-corrected chi connectivity index (χ1v) is 9.74. The number of rotatable bonds is 7. The molecule has 0 heterocycles. The smallest absolute Gasteiger partial charge is 0.225 e. The Hall–Kier alpha value is -2.18. The van der Waals surface area contributed by atoms with E-state index in [1.54, 1.807) is 0 Å². The molecule has 1 N–H and O–H groups in total. The normalized spacial score (nSPS) is 11.5. The predicted octanol–water partition coefficient (Wildman–Crippen LogP) is 3.09. The Kier molecular flexibility index (Phi) is 6.33. The van der Waals surface area contributed by atoms with E-state index in [1.165, 1.54) is 11.4 Å². The summed E-state index contributed by atoms with van der Waals surface area (Å²) in [6.45, 7) is 4.18. The molecule has 0 radical (unpaired) electrons. The van der Waals surface area contributed by atoms with Gasteiger partial charge in [0.25, 0.3) is 0 Å². The third-order valence-electron chi connectivity index (χ3n) is 3.97. The SMILES string of the molecule is Cc1ccc(NC(=O)CCS(=O)(=O)N(C)Cc2ccccc2)c(C)c1. The van der Waals surface area contributed by atoms with E-state index in [4.69, 9.17) is 0 Å². The van der Waals surface area contributed by atoms with Gasteiger partial charge in [-0.25, -0.2) is 12.7 Å². The van der Waals surface area contributed by atoms with Crippen LogP contribution in [0.4, 0.5) is 5.69 Å². The van der Waals surface area contributed by atoms with Gasteiger partial charge < -0.3 is 5.32 Å². The molecule has 0 aromatic heterocycles. The van der Waals surface area contributed by atoms with Crippen molar-refractivity contribution in [2.75, 3.05) is 18.1 Å². The van der Waals surface area contributed by atoms with Crippen LogP contribution in [0.1, 0.15) is 23.1 Å². The lowest BCUT2D eigenvalue weighted by atomic mass is 10.1. The molecule has 25 heavy (non-hydrogen) atoms. The van der Waals surface area contributed by atoms with Gasteiger partial charge in [0.05, 0.1) is 5.75 Å². The number of sulfonamides is 1. The number of hydrogen-bond acceptors (Lipinski definition) is 3. The lowest BCUT2D eigenvalue weighted by molar-refractivity contribution is -0.115. The second-order valence-corrected chi connectivity index (χ2v) is 8.37. The Bertz CT molecular complexity index is 833. The van der Waals surface area contributed by atoms with Gasteiger partial charge in [-0.15, -0.1) is 0 Å². The topological polar surface area (TPSA) is 66.5 Å². The number of hydrogen-bond donors (Lipinski definition) is 1. The fourth-order valence-corrected chi connectivity index (χ4v) is 3.58. The highest BCUT2D eigenvalue weighted by Crippen LogP contribution is 2.16. The van der Waals surface area contributed by atoms with Gasteiger partial charge in [-0.2, -0.15) is 0 Å². The number of anilines is 1. The van der Waals surface area contributed by atoms with Crippen LogP contribution in [0, 0.1) is 13.8 Å². The molecule has 0 aliphatic carbocycles. The van der Waals surface area contributed by atoms with Crippen molar-refractivity contribution in [3.05, 3.63) is 65.2 Å². The summed E-state index contributed by atoms with van der Waals surface area (Å²) in [6, 6.07) is 15.1. The summed E-state index contributed by atoms with van der Waals surface area (Å²) in [4.78, 5) is 12.1. The van der Waals surface area contributed by atoms with E-state index < -0.39 is 10.0 Å². The largest absolute Gasteiger partial charge is 0.326 e. The highest BCUT2D eigenvalue weighted by Gasteiger charge is 2.19. The number of aryl methyl sites for hydroxylation is 2. The molecule has 0 atom stereocenters. The van der Waals surface area contributed by atoms with E-state index in [0.29, 0.717) is 12.2 Å². The molecule has 1 amide bonds. The van der Waals surface area contributed by atoms with Crippen LogP contribution in [0.15, 0.2) is 48.5 Å². The Morgan fingerprint density at radius 2 is 1.76 bits per heavy atom. The van der Waals surface area contributed by atoms with Crippen molar-refractivity contribution < 1.29 is 13.2 Å². The molecule has 2 rings (SSSR count). The molecule has 134 valence electrons. The third kappa shape index (κ3) is 5.69. The number of nitrogens with one attached hydrogen (secondary N) is 1. The first kappa shape index (κ1) is 19.1. The van der Waals surface area contributed by atoms with Gasteiger partial charge in [-0.1, -0.05) is 48.0 Å². The van der Waals surface area contributed by atoms with Crippen LogP contribution in [-0.2, 0) is 21.4 Å². The molecule has 2 aromatic rings. The molecule has 5 nitrogen and oxygen atoms in total. The Balaban J connectivity index is 1.91. The molecule has 0 spiro atoms. The fraction of sp³-hybridized carbons (Fsp3) is 0.316. The first-order valence-electron chi connectivity index (χ1n) is 8.13. The highest BCUT2D eigenvalue weighted by atomic mass is 32.2. The molecule has 0 fully saturated rings. The Morgan fingerprint density at radius 3 is 2.40 bits per heavy atom. The van der Waals surface area contributed by atoms with Crippen LogP contribution in [0.3, 0.4) is 0 Å². The maximum absolute atomic E-state index is 12.3. The van der Waals surface area contributed by atoms with Crippen molar-refractivity contribution in [1.82, 2.24) is 4.31 Å². The van der Waals surface area contributed by atoms with Crippen molar-refractivity contribution in [3.63, 3.8) is 0 Å². The number of amides is 1. The van der Waals surface area contributed by atoms with E-state index in [0.717, 1.165) is 16.7 Å². The van der Waals surface area contributed by atoms with Gasteiger partial charge >= 0.3 is 0 Å². The summed E-state index contributed by atoms with van der Waals surface area (Å²) in [5.41, 5.74) is 3.69. The lowest BCUT2D eigenvalue weighted by Crippen LogP contribution is -2.30. The van der Waals surface area contributed by atoms with Crippen molar-refractivity contribution in [2.45, 2.75) is 26.8 Å². The minimum Gasteiger partial charge on any atom is -0.326 e. The van der Waals surface area contributed by atoms with Gasteiger partial charge in [0.1, 0.15) is 0 Å². The van der Waals surface area contributed by atoms with Crippen molar-refractivity contribution in [3.8, 4) is 0 Å². The molecule has 0 bridgehead atoms. The summed E-state index contributed by atoms with van der Waals surface area (Å²) in [7, 11) is -1.96. The monoisotopic (exact) mass is 360 g/mol. The third-order valence-corrected chi connectivity index (χ3v) is 5.76. The average Bonchev–Trinajstić information content (AvgIpc) is 2.56. The summed E-state index contributed by atoms with van der Waals surface area (Å²) >= 11 is 0. The van der Waals surface area contributed by atoms with Crippen LogP contribution in [0.5, 0.6) is 0 Å². The van der Waals surface area contributed by atoms with Crippen molar-refractivity contribution >= 4 is 21.6 Å². The summed E-state index contributed by atoms with van der Waals surface area (Å²) in [5.74, 6) is -0.517. The second kappa shape index (κ2) is 8.27. The Morgan fingerprint density at radius 1 is 1.08 bits per heavy atom. The molecule has 0 unspecified atom stereocenters. The number of carbonyl (C=O) groups excluding carboxylic acids is 1. The highest BCUT2D eigenvalue weighted by molar-refractivity contribution is 7.89. The first-order chi connectivity index (χ1) is 11.8. The van der Waals surface area contributed by atoms with Gasteiger partial charge in [0, 0.05) is 25.7 Å². The molecule has 0 aliphatic heterocycles. The second-order valence-electron chi connectivity index (χ2n) is 6.17. The van der Waals surface area contributed by atoms with Crippen molar-refractivity contribution in [1.29, 1.82) is 0 Å². The number of carbonyl (C=O) groups is 1. The molecule has 0 aliphatic rings. The van der Waals surface area contributed by atoms with Crippen molar-refractivity contribution in [2.24, 2.45) is 0 Å². The van der Waals surface area contributed by atoms with Gasteiger partial charge in [-0.05, 0) is 31.0 Å². The van der Waals surface area contributed by atoms with Gasteiger partial charge in [-0.3, -0.25) is 4.79 Å². The van der Waals surface area contributed by atoms with Crippen LogP contribution >= 0.6 is 0 Å². The fourth-order valence-electron chi connectivity index (χ4n) is 2.48. The minimum atomic E-state index is -3.49. The van der Waals surface area contributed by atoms with Crippen LogP contribution in [-0.4, -0.2) is 31.4 Å². The molecular weight excluding hydrogens is 336 g/mol. The Labute approximate surface area is 149 Å². The summed E-state index contributed by atoms with van der Waals surface area (Å²) in [6.07, 6.45) is -0.0746. The van der Waals surface area contributed by atoms with Gasteiger partial charge in [0.15, 0.2) is 0 Å². The lowest BCUT2D eigenvalue weighted by Gasteiger charge is -2.17. The molecule has 6 heteroatoms.